The first-order valence-corrected chi connectivity index (χ1v) is 9.42. The van der Waals surface area contributed by atoms with Crippen LogP contribution in [0.5, 0.6) is 0 Å². The third-order valence-corrected chi connectivity index (χ3v) is 4.66. The van der Waals surface area contributed by atoms with Crippen LogP contribution in [0.25, 0.3) is 22.3 Å². The maximum absolute atomic E-state index is 2.26. The van der Waals surface area contributed by atoms with E-state index in [1.165, 1.54) is 33.4 Å². The molecule has 0 aliphatic rings. The zero-order valence-corrected chi connectivity index (χ0v) is 20.9. The minimum atomic E-state index is 0. The largest absolute Gasteiger partial charge is 4.00 e. The summed E-state index contributed by atoms with van der Waals surface area (Å²) in [7, 11) is 0. The van der Waals surface area contributed by atoms with E-state index in [9.17, 15) is 0 Å². The Morgan fingerprint density at radius 1 is 0.552 bits per heavy atom. The predicted octanol–water partition coefficient (Wildman–Crippen LogP) is 1.28. The summed E-state index contributed by atoms with van der Waals surface area (Å²) in [4.78, 5) is 0. The van der Waals surface area contributed by atoms with Crippen LogP contribution in [0.4, 0.5) is 0 Å². The van der Waals surface area contributed by atoms with Crippen molar-refractivity contribution < 1.29 is 51.0 Å². The van der Waals surface area contributed by atoms with Gasteiger partial charge in [0.2, 0.25) is 0 Å². The van der Waals surface area contributed by atoms with Gasteiger partial charge in [-0.2, -0.15) is 24.3 Å². The van der Waals surface area contributed by atoms with Crippen molar-refractivity contribution in [2.45, 2.75) is 26.7 Å². The number of aryl methyl sites for hydroxylation is 2. The van der Waals surface area contributed by atoms with Crippen molar-refractivity contribution >= 4 is 0 Å². The van der Waals surface area contributed by atoms with E-state index in [1.807, 2.05) is 0 Å². The number of hydrogen-bond donors (Lipinski definition) is 0. The summed E-state index contributed by atoms with van der Waals surface area (Å²) in [6.07, 6.45) is 2.21. The van der Waals surface area contributed by atoms with Crippen molar-refractivity contribution in [1.82, 2.24) is 0 Å². The summed E-state index contributed by atoms with van der Waals surface area (Å²) in [5, 5.41) is 0. The monoisotopic (exact) mass is 498 g/mol. The second kappa shape index (κ2) is 14.6. The summed E-state index contributed by atoms with van der Waals surface area (Å²) >= 11 is 0. The Balaban J connectivity index is 0.000000490. The van der Waals surface area contributed by atoms with Crippen LogP contribution in [0.2, 0.25) is 0 Å². The van der Waals surface area contributed by atoms with Gasteiger partial charge in [0.25, 0.3) is 0 Å². The summed E-state index contributed by atoms with van der Waals surface area (Å²) in [6, 6.07) is 34.3. The molecule has 0 amide bonds. The standard InChI is InChI=1S/2C13H13.2ClH.Zr/c2*1-2-11-6-5-9-13(10-11)12-7-3-4-8-12;;;/h2*3-10H,2H2,1H3;2*1H;/q2*-1;;;+4/p-2. The normalized spacial score (nSPS) is 9.17. The van der Waals surface area contributed by atoms with E-state index in [0.29, 0.717) is 0 Å². The van der Waals surface area contributed by atoms with Crippen molar-refractivity contribution in [2.24, 2.45) is 0 Å². The molecule has 0 saturated heterocycles. The third kappa shape index (κ3) is 8.09. The summed E-state index contributed by atoms with van der Waals surface area (Å²) in [5.41, 5.74) is 8.08. The summed E-state index contributed by atoms with van der Waals surface area (Å²) in [5.74, 6) is 0. The quantitative estimate of drug-likeness (QED) is 0.371. The maximum Gasteiger partial charge on any atom is 4.00 e. The van der Waals surface area contributed by atoms with Crippen LogP contribution in [0.3, 0.4) is 0 Å². The molecule has 0 bridgehead atoms. The van der Waals surface area contributed by atoms with Gasteiger partial charge in [-0.1, -0.05) is 60.4 Å². The van der Waals surface area contributed by atoms with Crippen LogP contribution in [-0.4, -0.2) is 0 Å². The molecule has 0 nitrogen and oxygen atoms in total. The average molecular weight is 501 g/mol. The van der Waals surface area contributed by atoms with Crippen molar-refractivity contribution in [2.75, 3.05) is 0 Å². The molecule has 0 aromatic heterocycles. The molecule has 4 aromatic carbocycles. The first-order valence-electron chi connectivity index (χ1n) is 9.42. The third-order valence-electron chi connectivity index (χ3n) is 4.66. The van der Waals surface area contributed by atoms with Gasteiger partial charge in [-0.3, -0.25) is 0 Å². The minimum Gasteiger partial charge on any atom is -1.00 e. The first kappa shape index (κ1) is 27.6. The fourth-order valence-electron chi connectivity index (χ4n) is 3.07. The van der Waals surface area contributed by atoms with Crippen LogP contribution in [0.1, 0.15) is 25.0 Å². The van der Waals surface area contributed by atoms with Crippen LogP contribution in [0.15, 0.2) is 97.1 Å². The predicted molar refractivity (Wildman–Crippen MR) is 114 cm³/mol. The zero-order valence-electron chi connectivity index (χ0n) is 16.9. The Kier molecular flexibility index (Phi) is 13.9. The molecule has 148 valence electrons. The smallest absolute Gasteiger partial charge is 1.00 e. The van der Waals surface area contributed by atoms with Crippen molar-refractivity contribution in [3.05, 3.63) is 108 Å². The number of benzene rings is 2. The van der Waals surface area contributed by atoms with Gasteiger partial charge >= 0.3 is 26.2 Å². The second-order valence-corrected chi connectivity index (χ2v) is 6.46. The molecule has 0 aliphatic carbocycles. The molecule has 4 rings (SSSR count). The number of rotatable bonds is 4. The van der Waals surface area contributed by atoms with Crippen LogP contribution >= 0.6 is 0 Å². The van der Waals surface area contributed by atoms with Gasteiger partial charge in [0.15, 0.2) is 0 Å². The van der Waals surface area contributed by atoms with E-state index < -0.39 is 0 Å². The molecule has 0 unspecified atom stereocenters. The molecule has 29 heavy (non-hydrogen) atoms. The van der Waals surface area contributed by atoms with Gasteiger partial charge in [0.1, 0.15) is 0 Å². The molecule has 0 aliphatic heterocycles. The summed E-state index contributed by atoms with van der Waals surface area (Å²) < 4.78 is 0. The van der Waals surface area contributed by atoms with Gasteiger partial charge < -0.3 is 24.8 Å². The molecular weight excluding hydrogens is 474 g/mol. The van der Waals surface area contributed by atoms with Crippen LogP contribution < -0.4 is 24.8 Å². The average Bonchev–Trinajstić information content (AvgIpc) is 3.42. The Morgan fingerprint density at radius 2 is 0.897 bits per heavy atom. The summed E-state index contributed by atoms with van der Waals surface area (Å²) in [6.45, 7) is 4.37. The fourth-order valence-corrected chi connectivity index (χ4v) is 3.07. The molecule has 0 heterocycles. The SMILES string of the molecule is CCc1cccc(-[c-]2cccc2)c1.CCc1cccc(-[c-]2cccc2)c1.[Cl-].[Cl-].[Zr+4]. The minimum absolute atomic E-state index is 0. The van der Waals surface area contributed by atoms with E-state index in [2.05, 4.69) is 111 Å². The first-order chi connectivity index (χ1) is 12.8. The van der Waals surface area contributed by atoms with Crippen LogP contribution in [0, 0.1) is 0 Å². The number of hydrogen-bond acceptors (Lipinski definition) is 0. The van der Waals surface area contributed by atoms with Gasteiger partial charge in [0.05, 0.1) is 0 Å². The number of halogens is 2. The van der Waals surface area contributed by atoms with E-state index >= 15 is 0 Å². The Bertz CT molecular complexity index is 832. The molecule has 0 radical (unpaired) electrons. The Labute approximate surface area is 207 Å². The fraction of sp³-hybridized carbons (Fsp3) is 0.154. The molecule has 0 spiro atoms. The topological polar surface area (TPSA) is 0 Å². The Hall–Kier alpha value is -1.40. The van der Waals surface area contributed by atoms with Gasteiger partial charge in [-0.05, 0) is 12.8 Å². The molecule has 0 saturated carbocycles. The second-order valence-electron chi connectivity index (χ2n) is 6.46. The van der Waals surface area contributed by atoms with E-state index in [0.717, 1.165) is 12.8 Å². The molecule has 0 atom stereocenters. The molecular formula is C26H26Cl2Zr. The molecule has 3 heteroatoms. The zero-order chi connectivity index (χ0) is 18.2. The molecule has 0 fully saturated rings. The molecule has 0 N–H and O–H groups in total. The van der Waals surface area contributed by atoms with E-state index in [1.54, 1.807) is 0 Å². The van der Waals surface area contributed by atoms with Crippen molar-refractivity contribution in [3.63, 3.8) is 0 Å². The maximum atomic E-state index is 2.26. The van der Waals surface area contributed by atoms with Crippen LogP contribution in [-0.2, 0) is 39.0 Å². The van der Waals surface area contributed by atoms with E-state index in [4.69, 9.17) is 0 Å². The van der Waals surface area contributed by atoms with Crippen molar-refractivity contribution in [1.29, 1.82) is 0 Å². The van der Waals surface area contributed by atoms with Gasteiger partial charge in [-0.15, -0.1) is 59.7 Å². The van der Waals surface area contributed by atoms with E-state index in [-0.39, 0.29) is 51.0 Å². The Morgan fingerprint density at radius 3 is 1.21 bits per heavy atom. The van der Waals surface area contributed by atoms with Gasteiger partial charge in [-0.25, -0.2) is 0 Å². The van der Waals surface area contributed by atoms with Gasteiger partial charge in [0, 0.05) is 0 Å². The molecule has 4 aromatic rings. The van der Waals surface area contributed by atoms with Crippen molar-refractivity contribution in [3.8, 4) is 22.3 Å².